The summed E-state index contributed by atoms with van der Waals surface area (Å²) in [6, 6.07) is 42.2. The number of fused-ring (bicyclic) bond motifs is 4. The fourth-order valence-electron chi connectivity index (χ4n) is 4.86. The molecule has 7 heteroatoms. The van der Waals surface area contributed by atoms with Crippen LogP contribution in [-0.2, 0) is 20.1 Å². The number of furan rings is 1. The van der Waals surface area contributed by atoms with Gasteiger partial charge in [-0.2, -0.15) is 0 Å². The molecule has 8 rings (SSSR count). The van der Waals surface area contributed by atoms with E-state index in [1.165, 1.54) is 12.1 Å². The van der Waals surface area contributed by atoms with E-state index in [0.717, 1.165) is 38.9 Å². The first-order valence-electron chi connectivity index (χ1n) is 13.1. The van der Waals surface area contributed by atoms with Crippen molar-refractivity contribution in [3.05, 3.63) is 146 Å². The number of benzene rings is 4. The number of hydrogen-bond acceptors (Lipinski definition) is 4. The van der Waals surface area contributed by atoms with Crippen LogP contribution in [-0.4, -0.2) is 19.5 Å². The first-order chi connectivity index (χ1) is 20.3. The molecule has 4 heterocycles. The number of imidazole rings is 1. The Morgan fingerprint density at radius 3 is 2.36 bits per heavy atom. The normalized spacial score (nSPS) is 10.8. The quantitative estimate of drug-likeness (QED) is 0.172. The molecule has 205 valence electrons. The van der Waals surface area contributed by atoms with Crippen LogP contribution in [0.15, 0.2) is 132 Å². The molecule has 0 fully saturated rings. The zero-order valence-electron chi connectivity index (χ0n) is 22.0. The van der Waals surface area contributed by atoms with Crippen LogP contribution in [0.1, 0.15) is 0 Å². The Kier molecular flexibility index (Phi) is 7.69. The Labute approximate surface area is 254 Å². The second-order valence-corrected chi connectivity index (χ2v) is 9.28. The van der Waals surface area contributed by atoms with Crippen LogP contribution in [0.2, 0.25) is 0 Å². The van der Waals surface area contributed by atoms with Gasteiger partial charge in [0.1, 0.15) is 11.4 Å². The van der Waals surface area contributed by atoms with Crippen LogP contribution in [0.3, 0.4) is 0 Å². The number of nitrogens with zero attached hydrogens (tertiary/aromatic N) is 4. The second kappa shape index (κ2) is 11.9. The first kappa shape index (κ1) is 27.2. The number of aromatic nitrogens is 4. The molecule has 0 atom stereocenters. The summed E-state index contributed by atoms with van der Waals surface area (Å²) in [6.45, 7) is 0. The smallest absolute Gasteiger partial charge is 0.155 e. The van der Waals surface area contributed by atoms with Crippen molar-refractivity contribution in [2.75, 3.05) is 0 Å². The molecular weight excluding hydrogens is 704 g/mol. The molecular formula is C35H21FIrN4O-2. The third kappa shape index (κ3) is 5.12. The van der Waals surface area contributed by atoms with Crippen molar-refractivity contribution in [1.82, 2.24) is 19.5 Å². The fourth-order valence-corrected chi connectivity index (χ4v) is 4.86. The SMILES string of the molecule is Fc1ccc2c(c1)oc1c(-c3nc4cccnc4n3-c3ccccc3)[c-]ccc12.[Ir].[c-]1ccccc1-c1ccccn1. The number of para-hydroxylation sites is 1. The van der Waals surface area contributed by atoms with Crippen molar-refractivity contribution in [3.8, 4) is 28.3 Å². The van der Waals surface area contributed by atoms with E-state index in [1.54, 1.807) is 18.5 Å². The molecule has 1 radical (unpaired) electrons. The molecule has 0 aliphatic rings. The summed E-state index contributed by atoms with van der Waals surface area (Å²) in [5, 5.41) is 1.76. The van der Waals surface area contributed by atoms with Crippen LogP contribution in [0, 0.1) is 17.9 Å². The largest absolute Gasteiger partial charge is 0.500 e. The number of rotatable bonds is 3. The van der Waals surface area contributed by atoms with E-state index in [4.69, 9.17) is 9.40 Å². The second-order valence-electron chi connectivity index (χ2n) is 9.28. The predicted molar refractivity (Wildman–Crippen MR) is 159 cm³/mol. The number of hydrogen-bond donors (Lipinski definition) is 0. The topological polar surface area (TPSA) is 56.7 Å². The van der Waals surface area contributed by atoms with Crippen molar-refractivity contribution in [3.63, 3.8) is 0 Å². The molecule has 0 unspecified atom stereocenters. The molecule has 4 aromatic carbocycles. The third-order valence-electron chi connectivity index (χ3n) is 6.70. The van der Waals surface area contributed by atoms with E-state index >= 15 is 0 Å². The average Bonchev–Trinajstić information content (AvgIpc) is 3.61. The Balaban J connectivity index is 0.000000205. The van der Waals surface area contributed by atoms with Gasteiger partial charge in [0.05, 0.1) is 16.9 Å². The summed E-state index contributed by atoms with van der Waals surface area (Å²) < 4.78 is 21.8. The maximum absolute atomic E-state index is 13.7. The molecule has 0 N–H and O–H groups in total. The van der Waals surface area contributed by atoms with E-state index in [0.29, 0.717) is 22.6 Å². The first-order valence-corrected chi connectivity index (χ1v) is 13.1. The summed E-state index contributed by atoms with van der Waals surface area (Å²) in [5.41, 5.74) is 6.32. The third-order valence-corrected chi connectivity index (χ3v) is 6.70. The van der Waals surface area contributed by atoms with E-state index in [2.05, 4.69) is 22.1 Å². The van der Waals surface area contributed by atoms with Gasteiger partial charge in [0.25, 0.3) is 0 Å². The molecule has 0 aliphatic carbocycles. The molecule has 0 saturated heterocycles. The summed E-state index contributed by atoms with van der Waals surface area (Å²) in [4.78, 5) is 13.6. The van der Waals surface area contributed by atoms with Crippen molar-refractivity contribution in [1.29, 1.82) is 0 Å². The van der Waals surface area contributed by atoms with Crippen molar-refractivity contribution >= 4 is 33.1 Å². The van der Waals surface area contributed by atoms with Crippen molar-refractivity contribution < 1.29 is 28.9 Å². The van der Waals surface area contributed by atoms with Crippen LogP contribution < -0.4 is 0 Å². The monoisotopic (exact) mass is 725 g/mol. The minimum absolute atomic E-state index is 0. The van der Waals surface area contributed by atoms with E-state index < -0.39 is 0 Å². The Bertz CT molecular complexity index is 2070. The van der Waals surface area contributed by atoms with Gasteiger partial charge in [0, 0.05) is 49.6 Å². The summed E-state index contributed by atoms with van der Waals surface area (Å²) >= 11 is 0. The average molecular weight is 725 g/mol. The van der Waals surface area contributed by atoms with E-state index in [-0.39, 0.29) is 25.9 Å². The minimum atomic E-state index is -0.331. The van der Waals surface area contributed by atoms with Crippen LogP contribution in [0.25, 0.3) is 61.4 Å². The Morgan fingerprint density at radius 2 is 1.55 bits per heavy atom. The van der Waals surface area contributed by atoms with Crippen LogP contribution >= 0.6 is 0 Å². The van der Waals surface area contributed by atoms with Gasteiger partial charge in [0.15, 0.2) is 5.65 Å². The van der Waals surface area contributed by atoms with Crippen LogP contribution in [0.4, 0.5) is 4.39 Å². The maximum atomic E-state index is 13.7. The molecule has 8 aromatic rings. The molecule has 0 spiro atoms. The predicted octanol–water partition coefficient (Wildman–Crippen LogP) is 8.47. The van der Waals surface area contributed by atoms with E-state index in [1.807, 2.05) is 102 Å². The summed E-state index contributed by atoms with van der Waals surface area (Å²) in [6.07, 6.45) is 3.54. The molecule has 0 bridgehead atoms. The molecule has 5 nitrogen and oxygen atoms in total. The standard InChI is InChI=1S/C24H13FN3O.C11H8N.Ir/c25-15-11-12-17-18-8-4-9-19(22(18)29-21(17)14-15)23-27-20-10-5-13-26-24(20)28(23)16-6-2-1-3-7-16;1-2-6-10(7-3-1)11-8-4-5-9-12-11;/h1-8,10-14H;1-6,8-9H;/q2*-1;. The van der Waals surface area contributed by atoms with Crippen molar-refractivity contribution in [2.24, 2.45) is 0 Å². The number of pyridine rings is 2. The van der Waals surface area contributed by atoms with Gasteiger partial charge in [-0.05, 0) is 48.2 Å². The van der Waals surface area contributed by atoms with E-state index in [9.17, 15) is 4.39 Å². The zero-order chi connectivity index (χ0) is 27.6. The summed E-state index contributed by atoms with van der Waals surface area (Å²) in [5.74, 6) is 0.345. The van der Waals surface area contributed by atoms with Crippen molar-refractivity contribution in [2.45, 2.75) is 0 Å². The Hall–Kier alpha value is -4.97. The fraction of sp³-hybridized carbons (Fsp3) is 0. The number of halogens is 1. The van der Waals surface area contributed by atoms with Gasteiger partial charge in [-0.15, -0.1) is 54.1 Å². The Morgan fingerprint density at radius 1 is 0.714 bits per heavy atom. The van der Waals surface area contributed by atoms with Gasteiger partial charge < -0.3 is 14.0 Å². The van der Waals surface area contributed by atoms with Gasteiger partial charge in [0.2, 0.25) is 0 Å². The summed E-state index contributed by atoms with van der Waals surface area (Å²) in [7, 11) is 0. The molecule has 0 saturated carbocycles. The molecule has 0 amide bonds. The molecule has 0 aliphatic heterocycles. The molecule has 42 heavy (non-hydrogen) atoms. The molecule has 4 aromatic heterocycles. The van der Waals surface area contributed by atoms with Gasteiger partial charge in [-0.1, -0.05) is 41.3 Å². The van der Waals surface area contributed by atoms with Gasteiger partial charge in [-0.25, -0.2) is 9.37 Å². The van der Waals surface area contributed by atoms with Gasteiger partial charge in [-0.3, -0.25) is 4.98 Å². The maximum Gasteiger partial charge on any atom is 0.155 e. The zero-order valence-corrected chi connectivity index (χ0v) is 24.4. The van der Waals surface area contributed by atoms with Crippen LogP contribution in [0.5, 0.6) is 0 Å². The minimum Gasteiger partial charge on any atom is -0.500 e. The van der Waals surface area contributed by atoms with Gasteiger partial charge >= 0.3 is 0 Å².